The fraction of sp³-hybridized carbons (Fsp3) is 0.385. The number of hydrogen-bond donors (Lipinski definition) is 0. The predicted molar refractivity (Wildman–Crippen MR) is 72.3 cm³/mol. The second-order valence-electron chi connectivity index (χ2n) is 4.58. The van der Waals surface area contributed by atoms with Crippen molar-refractivity contribution in [2.45, 2.75) is 13.0 Å². The number of ether oxygens (including phenoxy) is 1. The van der Waals surface area contributed by atoms with Crippen LogP contribution in [0.4, 0.5) is 5.82 Å². The van der Waals surface area contributed by atoms with E-state index in [1.54, 1.807) is 13.3 Å². The standard InChI is InChI=1S/C13H14ClN3O/c1-8-4-16-13(17-6-9(7-17)18-2)11-5-15-12(14)3-10(8)11/h3-5,9H,6-7H2,1-2H3. The average molecular weight is 264 g/mol. The molecule has 2 aromatic rings. The van der Waals surface area contributed by atoms with E-state index in [4.69, 9.17) is 16.3 Å². The molecule has 1 saturated heterocycles. The Labute approximate surface area is 111 Å². The van der Waals surface area contributed by atoms with E-state index in [1.807, 2.05) is 19.2 Å². The molecule has 94 valence electrons. The molecule has 0 N–H and O–H groups in total. The molecule has 3 rings (SSSR count). The summed E-state index contributed by atoms with van der Waals surface area (Å²) in [5.74, 6) is 0.966. The van der Waals surface area contributed by atoms with Crippen molar-refractivity contribution >= 4 is 28.2 Å². The van der Waals surface area contributed by atoms with E-state index in [1.165, 1.54) is 0 Å². The third-order valence-corrected chi connectivity index (χ3v) is 3.60. The highest BCUT2D eigenvalue weighted by Crippen LogP contribution is 2.30. The van der Waals surface area contributed by atoms with Crippen LogP contribution >= 0.6 is 11.6 Å². The minimum atomic E-state index is 0.309. The number of aryl methyl sites for hydroxylation is 1. The zero-order chi connectivity index (χ0) is 12.7. The topological polar surface area (TPSA) is 38.2 Å². The van der Waals surface area contributed by atoms with Crippen molar-refractivity contribution in [2.24, 2.45) is 0 Å². The smallest absolute Gasteiger partial charge is 0.138 e. The van der Waals surface area contributed by atoms with E-state index in [9.17, 15) is 0 Å². The monoisotopic (exact) mass is 263 g/mol. The molecule has 4 nitrogen and oxygen atoms in total. The van der Waals surface area contributed by atoms with Gasteiger partial charge in [0.15, 0.2) is 0 Å². The molecule has 0 radical (unpaired) electrons. The fourth-order valence-electron chi connectivity index (χ4n) is 2.24. The Morgan fingerprint density at radius 3 is 2.78 bits per heavy atom. The number of pyridine rings is 2. The number of methoxy groups -OCH3 is 1. The molecule has 0 bridgehead atoms. The molecule has 0 unspecified atom stereocenters. The van der Waals surface area contributed by atoms with Gasteiger partial charge in [-0.3, -0.25) is 0 Å². The second-order valence-corrected chi connectivity index (χ2v) is 4.97. The summed E-state index contributed by atoms with van der Waals surface area (Å²) < 4.78 is 5.29. The van der Waals surface area contributed by atoms with Crippen LogP contribution in [0.5, 0.6) is 0 Å². The number of hydrogen-bond acceptors (Lipinski definition) is 4. The Kier molecular flexibility index (Phi) is 2.84. The number of anilines is 1. The Hall–Kier alpha value is -1.39. The minimum absolute atomic E-state index is 0.309. The highest BCUT2D eigenvalue weighted by molar-refractivity contribution is 6.30. The Morgan fingerprint density at radius 1 is 1.28 bits per heavy atom. The lowest BCUT2D eigenvalue weighted by Gasteiger charge is -2.39. The van der Waals surface area contributed by atoms with Gasteiger partial charge in [-0.1, -0.05) is 11.6 Å². The molecule has 0 aromatic carbocycles. The largest absolute Gasteiger partial charge is 0.378 e. The van der Waals surface area contributed by atoms with Gasteiger partial charge in [0.25, 0.3) is 0 Å². The Balaban J connectivity index is 2.06. The maximum atomic E-state index is 5.95. The summed E-state index contributed by atoms with van der Waals surface area (Å²) >= 11 is 5.95. The van der Waals surface area contributed by atoms with Crippen molar-refractivity contribution in [2.75, 3.05) is 25.1 Å². The van der Waals surface area contributed by atoms with Crippen LogP contribution in [0, 0.1) is 6.92 Å². The van der Waals surface area contributed by atoms with E-state index >= 15 is 0 Å². The third kappa shape index (κ3) is 1.82. The molecule has 3 heterocycles. The van der Waals surface area contributed by atoms with E-state index in [0.29, 0.717) is 11.3 Å². The van der Waals surface area contributed by atoms with Crippen molar-refractivity contribution in [3.8, 4) is 0 Å². The molecular formula is C13H14ClN3O. The number of halogens is 1. The summed E-state index contributed by atoms with van der Waals surface area (Å²) in [4.78, 5) is 10.9. The number of nitrogens with zero attached hydrogens (tertiary/aromatic N) is 3. The van der Waals surface area contributed by atoms with Gasteiger partial charge in [-0.05, 0) is 23.9 Å². The highest BCUT2D eigenvalue weighted by atomic mass is 35.5. The summed E-state index contributed by atoms with van der Waals surface area (Å²) in [6.07, 6.45) is 3.99. The van der Waals surface area contributed by atoms with Crippen LogP contribution in [-0.4, -0.2) is 36.3 Å². The molecule has 0 amide bonds. The molecule has 0 aliphatic carbocycles. The molecule has 1 fully saturated rings. The molecular weight excluding hydrogens is 250 g/mol. The maximum Gasteiger partial charge on any atom is 0.138 e. The molecule has 0 saturated carbocycles. The van der Waals surface area contributed by atoms with Gasteiger partial charge in [0, 0.05) is 38.0 Å². The lowest BCUT2D eigenvalue weighted by atomic mass is 10.1. The van der Waals surface area contributed by atoms with Gasteiger partial charge < -0.3 is 9.64 Å². The summed E-state index contributed by atoms with van der Waals surface area (Å²) in [6, 6.07) is 1.89. The zero-order valence-electron chi connectivity index (χ0n) is 10.4. The highest BCUT2D eigenvalue weighted by Gasteiger charge is 2.28. The molecule has 0 atom stereocenters. The lowest BCUT2D eigenvalue weighted by molar-refractivity contribution is 0.0785. The summed E-state index contributed by atoms with van der Waals surface area (Å²) in [5, 5.41) is 2.68. The first-order valence-electron chi connectivity index (χ1n) is 5.87. The van der Waals surface area contributed by atoms with Crippen LogP contribution in [0.3, 0.4) is 0 Å². The van der Waals surface area contributed by atoms with Gasteiger partial charge >= 0.3 is 0 Å². The predicted octanol–water partition coefficient (Wildman–Crippen LogP) is 2.43. The maximum absolute atomic E-state index is 5.95. The summed E-state index contributed by atoms with van der Waals surface area (Å²) in [7, 11) is 1.74. The third-order valence-electron chi connectivity index (χ3n) is 3.40. The zero-order valence-corrected chi connectivity index (χ0v) is 11.1. The molecule has 2 aromatic heterocycles. The Morgan fingerprint density at radius 2 is 2.06 bits per heavy atom. The average Bonchev–Trinajstić information content (AvgIpc) is 2.31. The van der Waals surface area contributed by atoms with Crippen LogP contribution in [0.2, 0.25) is 5.15 Å². The first-order chi connectivity index (χ1) is 8.69. The van der Waals surface area contributed by atoms with Crippen LogP contribution in [0.25, 0.3) is 10.8 Å². The van der Waals surface area contributed by atoms with Crippen LogP contribution in [0.1, 0.15) is 5.56 Å². The summed E-state index contributed by atoms with van der Waals surface area (Å²) in [6.45, 7) is 3.79. The van der Waals surface area contributed by atoms with Gasteiger partial charge in [0.2, 0.25) is 0 Å². The van der Waals surface area contributed by atoms with E-state index in [-0.39, 0.29) is 0 Å². The molecule has 1 aliphatic heterocycles. The number of rotatable bonds is 2. The number of aromatic nitrogens is 2. The van der Waals surface area contributed by atoms with Crippen molar-refractivity contribution in [1.29, 1.82) is 0 Å². The van der Waals surface area contributed by atoms with Crippen LogP contribution < -0.4 is 4.90 Å². The summed E-state index contributed by atoms with van der Waals surface area (Å²) in [5.41, 5.74) is 1.11. The first kappa shape index (κ1) is 11.7. The molecule has 1 aliphatic rings. The Bertz CT molecular complexity index is 596. The van der Waals surface area contributed by atoms with Crippen molar-refractivity contribution in [1.82, 2.24) is 9.97 Å². The van der Waals surface area contributed by atoms with Gasteiger partial charge in [0.05, 0.1) is 6.10 Å². The number of fused-ring (bicyclic) bond motifs is 1. The van der Waals surface area contributed by atoms with Gasteiger partial charge in [-0.2, -0.15) is 0 Å². The quantitative estimate of drug-likeness (QED) is 0.780. The van der Waals surface area contributed by atoms with Crippen molar-refractivity contribution in [3.63, 3.8) is 0 Å². The van der Waals surface area contributed by atoms with E-state index in [2.05, 4.69) is 14.9 Å². The van der Waals surface area contributed by atoms with Crippen LogP contribution in [0.15, 0.2) is 18.5 Å². The van der Waals surface area contributed by atoms with Crippen molar-refractivity contribution in [3.05, 3.63) is 29.2 Å². The van der Waals surface area contributed by atoms with Gasteiger partial charge in [-0.15, -0.1) is 0 Å². The molecule has 18 heavy (non-hydrogen) atoms. The van der Waals surface area contributed by atoms with Crippen molar-refractivity contribution < 1.29 is 4.74 Å². The second kappa shape index (κ2) is 4.37. The van der Waals surface area contributed by atoms with Crippen LogP contribution in [-0.2, 0) is 4.74 Å². The van der Waals surface area contributed by atoms with Gasteiger partial charge in [-0.25, -0.2) is 9.97 Å². The van der Waals surface area contributed by atoms with E-state index in [0.717, 1.165) is 35.2 Å². The first-order valence-corrected chi connectivity index (χ1v) is 6.25. The molecule has 0 spiro atoms. The SMILES string of the molecule is COC1CN(c2ncc(C)c3cc(Cl)ncc23)C1. The normalized spacial score (nSPS) is 16.1. The fourth-order valence-corrected chi connectivity index (χ4v) is 2.40. The molecule has 5 heteroatoms. The lowest BCUT2D eigenvalue weighted by Crippen LogP contribution is -2.52. The van der Waals surface area contributed by atoms with E-state index < -0.39 is 0 Å². The van der Waals surface area contributed by atoms with Gasteiger partial charge in [0.1, 0.15) is 11.0 Å². The minimum Gasteiger partial charge on any atom is -0.378 e.